The molecule has 0 atom stereocenters. The quantitative estimate of drug-likeness (QED) is 0.872. The number of hydrogen-bond donors (Lipinski definition) is 1. The fourth-order valence-corrected chi connectivity index (χ4v) is 1.64. The summed E-state index contributed by atoms with van der Waals surface area (Å²) in [5.74, 6) is 0.613. The summed E-state index contributed by atoms with van der Waals surface area (Å²) < 4.78 is 7.83. The molecule has 0 unspecified atom stereocenters. The Kier molecular flexibility index (Phi) is 2.90. The van der Waals surface area contributed by atoms with Gasteiger partial charge in [0.1, 0.15) is 0 Å². The van der Waals surface area contributed by atoms with Crippen LogP contribution in [0.3, 0.4) is 0 Å². The summed E-state index contributed by atoms with van der Waals surface area (Å²) >= 11 is 6.85. The second-order valence-electron chi connectivity index (χ2n) is 2.58. The van der Waals surface area contributed by atoms with Crippen molar-refractivity contribution >= 4 is 29.1 Å². The van der Waals surface area contributed by atoms with E-state index in [9.17, 15) is 0 Å². The zero-order chi connectivity index (χ0) is 9.80. The van der Waals surface area contributed by atoms with Crippen LogP contribution < -0.4 is 5.32 Å². The minimum absolute atomic E-state index is 0.408. The molecule has 0 saturated heterocycles. The van der Waals surface area contributed by atoms with Gasteiger partial charge in [-0.3, -0.25) is 4.98 Å². The predicted molar refractivity (Wildman–Crippen MR) is 56.5 cm³/mol. The molecule has 14 heavy (non-hydrogen) atoms. The van der Waals surface area contributed by atoms with E-state index in [-0.39, 0.29) is 0 Å². The van der Waals surface area contributed by atoms with Gasteiger partial charge in [0.15, 0.2) is 11.0 Å². The van der Waals surface area contributed by atoms with E-state index in [0.29, 0.717) is 17.5 Å². The van der Waals surface area contributed by atoms with Crippen molar-refractivity contribution in [3.05, 3.63) is 35.2 Å². The van der Waals surface area contributed by atoms with Crippen LogP contribution in [0, 0.1) is 0 Å². The Bertz CT molecular complexity index is 403. The van der Waals surface area contributed by atoms with Crippen molar-refractivity contribution < 1.29 is 0 Å². The lowest BCUT2D eigenvalue weighted by atomic mass is 10.3. The largest absolute Gasteiger partial charge is 0.361 e. The van der Waals surface area contributed by atoms with Crippen molar-refractivity contribution in [2.24, 2.45) is 0 Å². The number of halogens is 1. The van der Waals surface area contributed by atoms with Gasteiger partial charge in [-0.2, -0.15) is 8.75 Å². The predicted octanol–water partition coefficient (Wildman–Crippen LogP) is 2.20. The molecule has 0 spiro atoms. The Morgan fingerprint density at radius 2 is 2.29 bits per heavy atom. The van der Waals surface area contributed by atoms with Crippen LogP contribution in [-0.2, 0) is 6.54 Å². The maximum Gasteiger partial charge on any atom is 0.186 e. The van der Waals surface area contributed by atoms with Gasteiger partial charge in [-0.1, -0.05) is 17.7 Å². The minimum atomic E-state index is 0.408. The van der Waals surface area contributed by atoms with Gasteiger partial charge in [0.05, 0.1) is 24.0 Å². The Hall–Kier alpha value is -1.20. The lowest BCUT2D eigenvalue weighted by Crippen LogP contribution is -2.01. The molecule has 2 aromatic heterocycles. The van der Waals surface area contributed by atoms with Crippen molar-refractivity contribution in [1.29, 1.82) is 0 Å². The highest BCUT2D eigenvalue weighted by Crippen LogP contribution is 2.17. The zero-order valence-electron chi connectivity index (χ0n) is 7.14. The van der Waals surface area contributed by atoms with Gasteiger partial charge in [-0.05, 0) is 12.1 Å². The second kappa shape index (κ2) is 4.34. The average molecular weight is 227 g/mol. The lowest BCUT2D eigenvalue weighted by Gasteiger charge is -2.01. The van der Waals surface area contributed by atoms with E-state index in [1.54, 1.807) is 6.20 Å². The van der Waals surface area contributed by atoms with E-state index < -0.39 is 0 Å². The summed E-state index contributed by atoms with van der Waals surface area (Å²) in [6.45, 7) is 0.603. The molecule has 2 aromatic rings. The van der Waals surface area contributed by atoms with Crippen LogP contribution in [0.1, 0.15) is 5.69 Å². The molecule has 1 N–H and O–H groups in total. The fourth-order valence-electron chi connectivity index (χ4n) is 0.960. The molecule has 0 aliphatic carbocycles. The SMILES string of the molecule is Clc1nsnc1NCc1ccccn1. The molecule has 0 aliphatic heterocycles. The Labute approximate surface area is 90.3 Å². The number of anilines is 1. The summed E-state index contributed by atoms with van der Waals surface area (Å²) in [5.41, 5.74) is 0.941. The number of nitrogens with zero attached hydrogens (tertiary/aromatic N) is 3. The second-order valence-corrected chi connectivity index (χ2v) is 3.46. The highest BCUT2D eigenvalue weighted by molar-refractivity contribution is 6.99. The molecule has 0 aromatic carbocycles. The van der Waals surface area contributed by atoms with Crippen molar-refractivity contribution in [3.63, 3.8) is 0 Å². The van der Waals surface area contributed by atoms with E-state index >= 15 is 0 Å². The first-order valence-corrected chi connectivity index (χ1v) is 5.09. The molecule has 4 nitrogen and oxygen atoms in total. The van der Waals surface area contributed by atoms with Crippen LogP contribution in [0.15, 0.2) is 24.4 Å². The maximum absolute atomic E-state index is 5.76. The van der Waals surface area contributed by atoms with Crippen LogP contribution in [0.4, 0.5) is 5.82 Å². The molecule has 0 amide bonds. The van der Waals surface area contributed by atoms with Gasteiger partial charge < -0.3 is 5.32 Å². The monoisotopic (exact) mass is 226 g/mol. The van der Waals surface area contributed by atoms with Crippen molar-refractivity contribution in [2.45, 2.75) is 6.54 Å². The summed E-state index contributed by atoms with van der Waals surface area (Å²) in [4.78, 5) is 4.16. The smallest absolute Gasteiger partial charge is 0.186 e. The van der Waals surface area contributed by atoms with Gasteiger partial charge in [-0.25, -0.2) is 0 Å². The number of hydrogen-bond acceptors (Lipinski definition) is 5. The molecule has 0 saturated carbocycles. The first-order chi connectivity index (χ1) is 6.86. The summed E-state index contributed by atoms with van der Waals surface area (Å²) in [5, 5.41) is 3.46. The standard InChI is InChI=1S/C8H7ClN4S/c9-7-8(13-14-12-7)11-5-6-3-1-2-4-10-6/h1-4H,5H2,(H,11,13). The molecule has 2 heterocycles. The zero-order valence-corrected chi connectivity index (χ0v) is 8.72. The third-order valence-corrected chi connectivity index (χ3v) is 2.50. The lowest BCUT2D eigenvalue weighted by molar-refractivity contribution is 1.04. The molecule has 6 heteroatoms. The summed E-state index contributed by atoms with van der Waals surface area (Å²) in [6, 6.07) is 5.74. The summed E-state index contributed by atoms with van der Waals surface area (Å²) in [7, 11) is 0. The number of pyridine rings is 1. The van der Waals surface area contributed by atoms with Gasteiger partial charge in [-0.15, -0.1) is 0 Å². The molecule has 2 rings (SSSR count). The first kappa shape index (κ1) is 9.36. The van der Waals surface area contributed by atoms with Gasteiger partial charge in [0.2, 0.25) is 0 Å². The van der Waals surface area contributed by atoms with E-state index in [2.05, 4.69) is 19.0 Å². The van der Waals surface area contributed by atoms with Crippen LogP contribution >= 0.6 is 23.3 Å². The number of rotatable bonds is 3. The highest BCUT2D eigenvalue weighted by atomic mass is 35.5. The van der Waals surface area contributed by atoms with Crippen LogP contribution in [-0.4, -0.2) is 13.7 Å². The van der Waals surface area contributed by atoms with Gasteiger partial charge in [0, 0.05) is 6.20 Å². The number of nitrogens with one attached hydrogen (secondary N) is 1. The van der Waals surface area contributed by atoms with Crippen LogP contribution in [0.5, 0.6) is 0 Å². The average Bonchev–Trinajstić information content (AvgIpc) is 2.63. The molecular formula is C8H7ClN4S. The maximum atomic E-state index is 5.76. The van der Waals surface area contributed by atoms with Crippen LogP contribution in [0.25, 0.3) is 0 Å². The Morgan fingerprint density at radius 1 is 1.36 bits per heavy atom. The van der Waals surface area contributed by atoms with Gasteiger partial charge in [0.25, 0.3) is 0 Å². The molecular weight excluding hydrogens is 220 g/mol. The van der Waals surface area contributed by atoms with Crippen molar-refractivity contribution in [1.82, 2.24) is 13.7 Å². The van der Waals surface area contributed by atoms with E-state index in [1.165, 1.54) is 0 Å². The Balaban J connectivity index is 1.99. The van der Waals surface area contributed by atoms with E-state index in [4.69, 9.17) is 11.6 Å². The normalized spacial score (nSPS) is 10.1. The molecule has 0 aliphatic rings. The fraction of sp³-hybridized carbons (Fsp3) is 0.125. The third kappa shape index (κ3) is 2.18. The van der Waals surface area contributed by atoms with Crippen molar-refractivity contribution in [3.8, 4) is 0 Å². The first-order valence-electron chi connectivity index (χ1n) is 3.98. The summed E-state index contributed by atoms with van der Waals surface area (Å²) in [6.07, 6.45) is 1.75. The highest BCUT2D eigenvalue weighted by Gasteiger charge is 2.03. The van der Waals surface area contributed by atoms with Crippen molar-refractivity contribution in [2.75, 3.05) is 5.32 Å². The molecule has 72 valence electrons. The molecule has 0 fully saturated rings. The Morgan fingerprint density at radius 3 is 2.93 bits per heavy atom. The topological polar surface area (TPSA) is 50.7 Å². The number of aromatic nitrogens is 3. The third-order valence-electron chi connectivity index (χ3n) is 1.61. The minimum Gasteiger partial charge on any atom is -0.361 e. The van der Waals surface area contributed by atoms with Gasteiger partial charge >= 0.3 is 0 Å². The molecule has 0 bridgehead atoms. The van der Waals surface area contributed by atoms with Crippen LogP contribution in [0.2, 0.25) is 5.15 Å². The van der Waals surface area contributed by atoms with E-state index in [1.807, 2.05) is 18.2 Å². The van der Waals surface area contributed by atoms with E-state index in [0.717, 1.165) is 17.4 Å². The molecule has 0 radical (unpaired) electrons.